The van der Waals surface area contributed by atoms with Crippen molar-refractivity contribution in [2.75, 3.05) is 5.75 Å². The fraction of sp³-hybridized carbons (Fsp3) is 0.538. The molecule has 0 saturated heterocycles. The second-order valence-electron chi connectivity index (χ2n) is 5.57. The molecule has 3 rings (SSSR count). The minimum Gasteiger partial charge on any atom is -0.297 e. The first-order valence-corrected chi connectivity index (χ1v) is 8.17. The standard InChI is InChI=1S/C13H13F4NO2S/c14-8-1-2-11-9(7-8)10(3-6-21(11,19)20)18-12(4-5-12)13(15,16)17/h1-2,7,10,18H,3-6H2. The van der Waals surface area contributed by atoms with Gasteiger partial charge in [0.2, 0.25) is 0 Å². The third-order valence-corrected chi connectivity index (χ3v) is 5.92. The largest absolute Gasteiger partial charge is 0.406 e. The SMILES string of the molecule is O=S1(=O)CCC(NC2(C(F)(F)F)CC2)c2cc(F)ccc21. The molecule has 1 N–H and O–H groups in total. The average molecular weight is 323 g/mol. The van der Waals surface area contributed by atoms with Crippen molar-refractivity contribution >= 4 is 9.84 Å². The van der Waals surface area contributed by atoms with Crippen LogP contribution < -0.4 is 5.32 Å². The second kappa shape index (κ2) is 4.42. The number of fused-ring (bicyclic) bond motifs is 1. The lowest BCUT2D eigenvalue weighted by molar-refractivity contribution is -0.168. The van der Waals surface area contributed by atoms with Crippen molar-refractivity contribution in [2.45, 2.75) is 41.9 Å². The lowest BCUT2D eigenvalue weighted by Crippen LogP contribution is -2.47. The zero-order valence-electron chi connectivity index (χ0n) is 10.9. The van der Waals surface area contributed by atoms with E-state index in [4.69, 9.17) is 0 Å². The molecule has 1 fully saturated rings. The van der Waals surface area contributed by atoms with Gasteiger partial charge in [0, 0.05) is 6.04 Å². The Bertz CT molecular complexity index is 680. The van der Waals surface area contributed by atoms with E-state index in [-0.39, 0.29) is 35.5 Å². The lowest BCUT2D eigenvalue weighted by Gasteiger charge is -2.31. The number of halogens is 4. The van der Waals surface area contributed by atoms with Crippen molar-refractivity contribution in [3.05, 3.63) is 29.6 Å². The molecule has 21 heavy (non-hydrogen) atoms. The van der Waals surface area contributed by atoms with Crippen LogP contribution >= 0.6 is 0 Å². The summed E-state index contributed by atoms with van der Waals surface area (Å²) in [4.78, 5) is -0.0781. The predicted octanol–water partition coefficient (Wildman–Crippen LogP) is 2.73. The van der Waals surface area contributed by atoms with Gasteiger partial charge < -0.3 is 0 Å². The van der Waals surface area contributed by atoms with Crippen molar-refractivity contribution in [2.24, 2.45) is 0 Å². The topological polar surface area (TPSA) is 46.2 Å². The summed E-state index contributed by atoms with van der Waals surface area (Å²) in [6.07, 6.45) is -4.46. The number of hydrogen-bond acceptors (Lipinski definition) is 3. The minimum absolute atomic E-state index is 0.0105. The number of sulfone groups is 1. The Morgan fingerprint density at radius 1 is 1.24 bits per heavy atom. The monoisotopic (exact) mass is 323 g/mol. The summed E-state index contributed by atoms with van der Waals surface area (Å²) in [5.74, 6) is -0.897. The molecule has 0 radical (unpaired) electrons. The molecule has 1 heterocycles. The molecular formula is C13H13F4NO2S. The summed E-state index contributed by atoms with van der Waals surface area (Å²) < 4.78 is 76.2. The molecule has 1 saturated carbocycles. The molecule has 8 heteroatoms. The van der Waals surface area contributed by atoms with E-state index in [1.807, 2.05) is 0 Å². The smallest absolute Gasteiger partial charge is 0.297 e. The minimum atomic E-state index is -4.39. The molecule has 1 atom stereocenters. The first-order valence-electron chi connectivity index (χ1n) is 6.51. The van der Waals surface area contributed by atoms with Crippen LogP contribution in [-0.2, 0) is 9.84 Å². The number of rotatable bonds is 2. The van der Waals surface area contributed by atoms with Gasteiger partial charge in [0.05, 0.1) is 10.6 Å². The van der Waals surface area contributed by atoms with E-state index in [9.17, 15) is 26.0 Å². The van der Waals surface area contributed by atoms with E-state index in [1.54, 1.807) is 0 Å². The maximum absolute atomic E-state index is 13.4. The van der Waals surface area contributed by atoms with Crippen molar-refractivity contribution in [1.82, 2.24) is 5.32 Å². The van der Waals surface area contributed by atoms with E-state index in [1.165, 1.54) is 0 Å². The molecule has 2 aliphatic rings. The maximum Gasteiger partial charge on any atom is 0.406 e. The van der Waals surface area contributed by atoms with Gasteiger partial charge in [-0.15, -0.1) is 0 Å². The van der Waals surface area contributed by atoms with Crippen LogP contribution in [-0.4, -0.2) is 25.9 Å². The maximum atomic E-state index is 13.4. The Morgan fingerprint density at radius 3 is 2.48 bits per heavy atom. The quantitative estimate of drug-likeness (QED) is 0.672. The van der Waals surface area contributed by atoms with Crippen molar-refractivity contribution in [1.29, 1.82) is 0 Å². The average Bonchev–Trinajstić information content (AvgIpc) is 3.13. The summed E-state index contributed by atoms with van der Waals surface area (Å²) in [5, 5.41) is 2.51. The van der Waals surface area contributed by atoms with Crippen LogP contribution in [0.15, 0.2) is 23.1 Å². The summed E-state index contributed by atoms with van der Waals surface area (Å²) in [6, 6.07) is 2.34. The number of nitrogens with one attached hydrogen (secondary N) is 1. The Morgan fingerprint density at radius 2 is 1.90 bits per heavy atom. The van der Waals surface area contributed by atoms with Gasteiger partial charge in [-0.2, -0.15) is 13.2 Å². The first kappa shape index (κ1) is 14.8. The fourth-order valence-corrected chi connectivity index (χ4v) is 4.33. The number of alkyl halides is 3. The summed E-state index contributed by atoms with van der Waals surface area (Å²) in [6.45, 7) is 0. The molecule has 1 unspecified atom stereocenters. The van der Waals surface area contributed by atoms with Gasteiger partial charge in [-0.1, -0.05) is 0 Å². The number of hydrogen-bond donors (Lipinski definition) is 1. The highest BCUT2D eigenvalue weighted by Gasteiger charge is 2.64. The zero-order chi connectivity index (χ0) is 15.5. The molecule has 1 aromatic carbocycles. The highest BCUT2D eigenvalue weighted by Crippen LogP contribution is 2.51. The van der Waals surface area contributed by atoms with Crippen molar-refractivity contribution in [3.8, 4) is 0 Å². The zero-order valence-corrected chi connectivity index (χ0v) is 11.7. The van der Waals surface area contributed by atoms with Gasteiger partial charge in [0.25, 0.3) is 0 Å². The molecular weight excluding hydrogens is 310 g/mol. The third-order valence-electron chi connectivity index (χ3n) is 4.10. The summed E-state index contributed by atoms with van der Waals surface area (Å²) in [7, 11) is -3.55. The van der Waals surface area contributed by atoms with Gasteiger partial charge in [-0.25, -0.2) is 12.8 Å². The molecule has 0 spiro atoms. The number of benzene rings is 1. The van der Waals surface area contributed by atoms with Crippen LogP contribution in [0, 0.1) is 5.82 Å². The Balaban J connectivity index is 1.98. The van der Waals surface area contributed by atoms with Gasteiger partial charge >= 0.3 is 6.18 Å². The fourth-order valence-electron chi connectivity index (χ4n) is 2.73. The van der Waals surface area contributed by atoms with E-state index in [0.717, 1.165) is 18.2 Å². The first-order chi connectivity index (χ1) is 9.65. The van der Waals surface area contributed by atoms with Crippen LogP contribution in [0.1, 0.15) is 30.9 Å². The van der Waals surface area contributed by atoms with Gasteiger partial charge in [-0.05, 0) is 43.0 Å². The Labute approximate surface area is 119 Å². The van der Waals surface area contributed by atoms with E-state index < -0.39 is 33.4 Å². The summed E-state index contributed by atoms with van der Waals surface area (Å²) >= 11 is 0. The van der Waals surface area contributed by atoms with Crippen molar-refractivity contribution < 1.29 is 26.0 Å². The molecule has 0 bridgehead atoms. The third kappa shape index (κ3) is 2.44. The van der Waals surface area contributed by atoms with Gasteiger partial charge in [-0.3, -0.25) is 5.32 Å². The molecule has 116 valence electrons. The highest BCUT2D eigenvalue weighted by atomic mass is 32.2. The predicted molar refractivity (Wildman–Crippen MR) is 67.0 cm³/mol. The van der Waals surface area contributed by atoms with E-state index >= 15 is 0 Å². The van der Waals surface area contributed by atoms with Gasteiger partial charge in [0.1, 0.15) is 11.4 Å². The molecule has 0 aromatic heterocycles. The molecule has 1 aromatic rings. The van der Waals surface area contributed by atoms with E-state index in [0.29, 0.717) is 0 Å². The van der Waals surface area contributed by atoms with Crippen molar-refractivity contribution in [3.63, 3.8) is 0 Å². The lowest BCUT2D eigenvalue weighted by atomic mass is 10.0. The van der Waals surface area contributed by atoms with Crippen LogP contribution in [0.5, 0.6) is 0 Å². The molecule has 3 nitrogen and oxygen atoms in total. The normalized spacial score (nSPS) is 26.2. The Hall–Kier alpha value is -1.15. The molecule has 0 amide bonds. The van der Waals surface area contributed by atoms with Gasteiger partial charge in [0.15, 0.2) is 9.84 Å². The Kier molecular flexibility index (Phi) is 3.11. The molecule has 1 aliphatic heterocycles. The van der Waals surface area contributed by atoms with Crippen LogP contribution in [0.3, 0.4) is 0 Å². The second-order valence-corrected chi connectivity index (χ2v) is 7.64. The summed E-state index contributed by atoms with van der Waals surface area (Å²) in [5.41, 5.74) is -1.86. The van der Waals surface area contributed by atoms with Crippen LogP contribution in [0.25, 0.3) is 0 Å². The van der Waals surface area contributed by atoms with Crippen LogP contribution in [0.2, 0.25) is 0 Å². The highest BCUT2D eigenvalue weighted by molar-refractivity contribution is 7.91. The van der Waals surface area contributed by atoms with E-state index in [2.05, 4.69) is 5.32 Å². The molecule has 1 aliphatic carbocycles. The van der Waals surface area contributed by atoms with Crippen LogP contribution in [0.4, 0.5) is 17.6 Å².